The molecule has 1 saturated heterocycles. The summed E-state index contributed by atoms with van der Waals surface area (Å²) in [5.41, 5.74) is 0.118. The number of thioether (sulfide) groups is 1. The molecule has 7 nitrogen and oxygen atoms in total. The lowest BCUT2D eigenvalue weighted by atomic mass is 9.76. The van der Waals surface area contributed by atoms with Gasteiger partial charge < -0.3 is 5.32 Å². The number of para-hydroxylation sites is 1. The van der Waals surface area contributed by atoms with E-state index in [9.17, 15) is 23.6 Å². The lowest BCUT2D eigenvalue weighted by Gasteiger charge is -2.36. The molecule has 3 aromatic rings. The van der Waals surface area contributed by atoms with Crippen LogP contribution in [0.2, 0.25) is 0 Å². The lowest BCUT2D eigenvalue weighted by Crippen LogP contribution is -2.41. The van der Waals surface area contributed by atoms with Crippen LogP contribution in [0.1, 0.15) is 18.7 Å². The van der Waals surface area contributed by atoms with Gasteiger partial charge in [0.15, 0.2) is 0 Å². The maximum absolute atomic E-state index is 13.4. The predicted octanol–water partition coefficient (Wildman–Crippen LogP) is 3.63. The number of benzene rings is 2. The minimum absolute atomic E-state index is 0.205. The van der Waals surface area contributed by atoms with Gasteiger partial charge in [0.1, 0.15) is 17.6 Å². The Kier molecular flexibility index (Phi) is 5.44. The molecule has 0 radical (unpaired) electrons. The summed E-state index contributed by atoms with van der Waals surface area (Å²) in [6, 6.07) is 14.1. The molecule has 174 valence electrons. The SMILES string of the molecule is CC1(C)c2sc(=O)n(CC(=O)Nc3ccccc3)c2S[C@@H]2C(=O)N(c3ccc(F)cc3)C(=O)[C@@H]21. The van der Waals surface area contributed by atoms with Crippen molar-refractivity contribution in [1.29, 1.82) is 0 Å². The fourth-order valence-corrected chi connectivity index (χ4v) is 7.52. The number of imide groups is 1. The van der Waals surface area contributed by atoms with Crippen molar-refractivity contribution in [3.05, 3.63) is 75.0 Å². The van der Waals surface area contributed by atoms with Gasteiger partial charge in [0.25, 0.3) is 0 Å². The maximum Gasteiger partial charge on any atom is 0.308 e. The zero-order valence-corrected chi connectivity index (χ0v) is 19.9. The van der Waals surface area contributed by atoms with Crippen molar-refractivity contribution in [2.24, 2.45) is 5.92 Å². The molecule has 3 heterocycles. The largest absolute Gasteiger partial charge is 0.325 e. The van der Waals surface area contributed by atoms with Gasteiger partial charge in [0.05, 0.1) is 16.6 Å². The number of nitrogens with zero attached hydrogens (tertiary/aromatic N) is 2. The number of rotatable bonds is 4. The summed E-state index contributed by atoms with van der Waals surface area (Å²) in [7, 11) is 0. The summed E-state index contributed by atoms with van der Waals surface area (Å²) in [6.45, 7) is 3.48. The van der Waals surface area contributed by atoms with Gasteiger partial charge in [0, 0.05) is 16.0 Å². The van der Waals surface area contributed by atoms with E-state index in [-0.39, 0.29) is 23.2 Å². The molecule has 1 aromatic heterocycles. The third-order valence-electron chi connectivity index (χ3n) is 6.15. The Bertz CT molecular complexity index is 1370. The molecule has 3 amide bonds. The molecule has 0 unspecified atom stereocenters. The van der Waals surface area contributed by atoms with Crippen LogP contribution in [0.4, 0.5) is 15.8 Å². The molecule has 2 aliphatic rings. The van der Waals surface area contributed by atoms with Crippen LogP contribution in [-0.4, -0.2) is 27.5 Å². The van der Waals surface area contributed by atoms with E-state index in [0.29, 0.717) is 21.3 Å². The topological polar surface area (TPSA) is 88.5 Å². The van der Waals surface area contributed by atoms with Crippen LogP contribution in [0.5, 0.6) is 0 Å². The monoisotopic (exact) mass is 497 g/mol. The summed E-state index contributed by atoms with van der Waals surface area (Å²) in [5, 5.41) is 2.55. The van der Waals surface area contributed by atoms with E-state index in [4.69, 9.17) is 0 Å². The number of hydrogen-bond donors (Lipinski definition) is 1. The molecule has 2 atom stereocenters. The Hall–Kier alpha value is -3.24. The molecule has 5 rings (SSSR count). The van der Waals surface area contributed by atoms with Gasteiger partial charge >= 0.3 is 4.87 Å². The first-order valence-electron chi connectivity index (χ1n) is 10.6. The number of nitrogens with one attached hydrogen (secondary N) is 1. The Morgan fingerprint density at radius 1 is 1.03 bits per heavy atom. The molecular weight excluding hydrogens is 477 g/mol. The van der Waals surface area contributed by atoms with Crippen LogP contribution < -0.4 is 15.1 Å². The zero-order valence-electron chi connectivity index (χ0n) is 18.3. The third kappa shape index (κ3) is 3.57. The number of fused-ring (bicyclic) bond motifs is 2. The minimum atomic E-state index is -0.808. The smallest absolute Gasteiger partial charge is 0.308 e. The van der Waals surface area contributed by atoms with E-state index in [1.165, 1.54) is 28.8 Å². The number of aromatic nitrogens is 1. The number of carbonyl (C=O) groups is 3. The Labute approximate surface area is 202 Å². The molecule has 0 aliphatic carbocycles. The second-order valence-corrected chi connectivity index (χ2v) is 10.8. The van der Waals surface area contributed by atoms with Crippen LogP contribution in [0.25, 0.3) is 0 Å². The highest BCUT2D eigenvalue weighted by Gasteiger charge is 2.59. The molecule has 2 aliphatic heterocycles. The number of carbonyl (C=O) groups excluding carboxylic acids is 3. The lowest BCUT2D eigenvalue weighted by molar-refractivity contribution is -0.123. The normalized spacial score (nSPS) is 20.7. The molecule has 1 fully saturated rings. The van der Waals surface area contributed by atoms with Crippen LogP contribution in [0, 0.1) is 11.7 Å². The van der Waals surface area contributed by atoms with Crippen molar-refractivity contribution >= 4 is 52.2 Å². The summed E-state index contributed by atoms with van der Waals surface area (Å²) in [5.74, 6) is -2.30. The number of hydrogen-bond acceptors (Lipinski definition) is 6. The number of amides is 3. The molecule has 10 heteroatoms. The van der Waals surface area contributed by atoms with E-state index in [1.807, 2.05) is 19.9 Å². The zero-order chi connectivity index (χ0) is 24.2. The van der Waals surface area contributed by atoms with Crippen molar-refractivity contribution in [3.8, 4) is 0 Å². The Balaban J connectivity index is 1.48. The van der Waals surface area contributed by atoms with Crippen molar-refractivity contribution in [1.82, 2.24) is 4.57 Å². The summed E-state index contributed by atoms with van der Waals surface area (Å²) in [6.07, 6.45) is 0. The highest BCUT2D eigenvalue weighted by atomic mass is 32.2. The predicted molar refractivity (Wildman–Crippen MR) is 129 cm³/mol. The Morgan fingerprint density at radius 3 is 2.38 bits per heavy atom. The fourth-order valence-electron chi connectivity index (χ4n) is 4.48. The second-order valence-electron chi connectivity index (χ2n) is 8.73. The van der Waals surface area contributed by atoms with Gasteiger partial charge in [-0.05, 0) is 36.4 Å². The number of thiazole rings is 1. The summed E-state index contributed by atoms with van der Waals surface area (Å²) >= 11 is 2.14. The van der Waals surface area contributed by atoms with Crippen molar-refractivity contribution in [2.75, 3.05) is 10.2 Å². The molecule has 0 spiro atoms. The first-order valence-corrected chi connectivity index (χ1v) is 12.3. The molecule has 0 saturated carbocycles. The first kappa shape index (κ1) is 22.5. The van der Waals surface area contributed by atoms with Gasteiger partial charge in [0.2, 0.25) is 17.7 Å². The van der Waals surface area contributed by atoms with Gasteiger partial charge in [-0.15, -0.1) is 0 Å². The third-order valence-corrected chi connectivity index (χ3v) is 8.97. The van der Waals surface area contributed by atoms with E-state index in [0.717, 1.165) is 28.0 Å². The van der Waals surface area contributed by atoms with E-state index < -0.39 is 28.3 Å². The van der Waals surface area contributed by atoms with Crippen LogP contribution in [0.15, 0.2) is 64.4 Å². The summed E-state index contributed by atoms with van der Waals surface area (Å²) < 4.78 is 14.8. The average molecular weight is 498 g/mol. The standard InChI is InChI=1S/C24H20FN3O4S2/c1-24(2)17-18(21(31)28(20(17)30)15-10-8-13(25)9-11-15)33-22-19(24)34-23(32)27(22)12-16(29)26-14-6-4-3-5-7-14/h3-11,17-18H,12H2,1-2H3,(H,26,29)/t17-,18+/m1/s1. The molecule has 2 aromatic carbocycles. The quantitative estimate of drug-likeness (QED) is 0.556. The van der Waals surface area contributed by atoms with Gasteiger partial charge in [-0.3, -0.25) is 23.7 Å². The van der Waals surface area contributed by atoms with Crippen LogP contribution in [0.3, 0.4) is 0 Å². The fraction of sp³-hybridized carbons (Fsp3) is 0.250. The molecular formula is C24H20FN3O4S2. The highest BCUT2D eigenvalue weighted by Crippen LogP contribution is 2.54. The van der Waals surface area contributed by atoms with Crippen molar-refractivity contribution < 1.29 is 18.8 Å². The highest BCUT2D eigenvalue weighted by molar-refractivity contribution is 8.00. The molecule has 0 bridgehead atoms. The maximum atomic E-state index is 13.4. The van der Waals surface area contributed by atoms with E-state index >= 15 is 0 Å². The van der Waals surface area contributed by atoms with E-state index in [1.54, 1.807) is 24.3 Å². The average Bonchev–Trinajstić information content (AvgIpc) is 3.24. The summed E-state index contributed by atoms with van der Waals surface area (Å²) in [4.78, 5) is 53.7. The van der Waals surface area contributed by atoms with E-state index in [2.05, 4.69) is 5.32 Å². The number of anilines is 2. The van der Waals surface area contributed by atoms with Crippen LogP contribution in [-0.2, 0) is 26.3 Å². The van der Waals surface area contributed by atoms with Crippen molar-refractivity contribution in [3.63, 3.8) is 0 Å². The van der Waals surface area contributed by atoms with Gasteiger partial charge in [-0.2, -0.15) is 0 Å². The van der Waals surface area contributed by atoms with Crippen LogP contribution >= 0.6 is 23.1 Å². The molecule has 34 heavy (non-hydrogen) atoms. The first-order chi connectivity index (χ1) is 16.2. The second kappa shape index (κ2) is 8.21. The number of halogens is 1. The molecule has 1 N–H and O–H groups in total. The van der Waals surface area contributed by atoms with Gasteiger partial charge in [-0.25, -0.2) is 9.29 Å². The Morgan fingerprint density at radius 2 is 1.71 bits per heavy atom. The van der Waals surface area contributed by atoms with Crippen molar-refractivity contribution in [2.45, 2.75) is 36.1 Å². The van der Waals surface area contributed by atoms with Gasteiger partial charge in [-0.1, -0.05) is 55.1 Å². The minimum Gasteiger partial charge on any atom is -0.325 e.